The molecule has 0 atom stereocenters. The van der Waals surface area contributed by atoms with Crippen molar-refractivity contribution in [2.75, 3.05) is 0 Å². The number of hydrogen-bond donors (Lipinski definition) is 3. The molecule has 0 bridgehead atoms. The number of aromatic hydroxyl groups is 1. The summed E-state index contributed by atoms with van der Waals surface area (Å²) in [6.45, 7) is 2.45. The second-order valence-corrected chi connectivity index (χ2v) is 3.20. The number of nitrogens with two attached hydrogens (primary N) is 1. The van der Waals surface area contributed by atoms with Crippen LogP contribution in [-0.4, -0.2) is 10.1 Å². The minimum Gasteiger partial charge on any atom is -0.508 e. The average molecular weight is 176 g/mol. The van der Waals surface area contributed by atoms with Gasteiger partial charge in [-0.25, -0.2) is 0 Å². The van der Waals surface area contributed by atoms with Crippen LogP contribution in [0.15, 0.2) is 18.3 Å². The fourth-order valence-electron chi connectivity index (χ4n) is 1.62. The summed E-state index contributed by atoms with van der Waals surface area (Å²) in [5.74, 6) is 0.291. The first kappa shape index (κ1) is 8.13. The van der Waals surface area contributed by atoms with Crippen LogP contribution < -0.4 is 5.73 Å². The molecule has 68 valence electrons. The van der Waals surface area contributed by atoms with E-state index in [0.717, 1.165) is 22.0 Å². The lowest BCUT2D eigenvalue weighted by Crippen LogP contribution is -1.93. The predicted molar refractivity (Wildman–Crippen MR) is 52.6 cm³/mol. The van der Waals surface area contributed by atoms with E-state index in [-0.39, 0.29) is 0 Å². The van der Waals surface area contributed by atoms with Gasteiger partial charge in [0.15, 0.2) is 0 Å². The Morgan fingerprint density at radius 2 is 2.23 bits per heavy atom. The summed E-state index contributed by atoms with van der Waals surface area (Å²) in [7, 11) is 0. The number of aromatic amines is 1. The molecule has 0 fully saturated rings. The van der Waals surface area contributed by atoms with Crippen molar-refractivity contribution in [3.05, 3.63) is 29.5 Å². The Labute approximate surface area is 76.2 Å². The molecule has 0 aliphatic carbocycles. The van der Waals surface area contributed by atoms with Gasteiger partial charge in [0, 0.05) is 23.6 Å². The topological polar surface area (TPSA) is 62.0 Å². The van der Waals surface area contributed by atoms with Crippen LogP contribution in [0.25, 0.3) is 10.9 Å². The summed E-state index contributed by atoms with van der Waals surface area (Å²) in [6.07, 6.45) is 1.89. The molecule has 3 nitrogen and oxygen atoms in total. The minimum atomic E-state index is 0.291. The molecule has 0 saturated heterocycles. The van der Waals surface area contributed by atoms with Crippen molar-refractivity contribution in [1.82, 2.24) is 4.98 Å². The molecule has 0 saturated carbocycles. The molecule has 0 amide bonds. The highest BCUT2D eigenvalue weighted by Crippen LogP contribution is 2.25. The monoisotopic (exact) mass is 176 g/mol. The molecular formula is C10H12N2O. The summed E-state index contributed by atoms with van der Waals surface area (Å²) >= 11 is 0. The van der Waals surface area contributed by atoms with E-state index in [2.05, 4.69) is 4.98 Å². The number of aromatic nitrogens is 1. The Balaban J connectivity index is 2.82. The summed E-state index contributed by atoms with van der Waals surface area (Å²) in [5, 5.41) is 10.4. The van der Waals surface area contributed by atoms with Gasteiger partial charge in [0.25, 0.3) is 0 Å². The van der Waals surface area contributed by atoms with Gasteiger partial charge < -0.3 is 15.8 Å². The van der Waals surface area contributed by atoms with E-state index in [1.807, 2.05) is 13.1 Å². The maximum atomic E-state index is 9.39. The fourth-order valence-corrected chi connectivity index (χ4v) is 1.62. The van der Waals surface area contributed by atoms with E-state index in [0.29, 0.717) is 12.3 Å². The highest BCUT2D eigenvalue weighted by Gasteiger charge is 2.05. The lowest BCUT2D eigenvalue weighted by molar-refractivity contribution is 0.476. The van der Waals surface area contributed by atoms with E-state index in [1.54, 1.807) is 12.1 Å². The van der Waals surface area contributed by atoms with E-state index >= 15 is 0 Å². The summed E-state index contributed by atoms with van der Waals surface area (Å²) in [5.41, 5.74) is 8.69. The minimum absolute atomic E-state index is 0.291. The van der Waals surface area contributed by atoms with Crippen LogP contribution in [0.3, 0.4) is 0 Å². The molecule has 1 aromatic carbocycles. The Kier molecular flexibility index (Phi) is 1.74. The normalized spacial score (nSPS) is 10.9. The highest BCUT2D eigenvalue weighted by molar-refractivity contribution is 5.87. The number of phenolic OH excluding ortho intramolecular Hbond substituents is 1. The first-order chi connectivity index (χ1) is 6.22. The maximum Gasteiger partial charge on any atom is 0.116 e. The fraction of sp³-hybridized carbons (Fsp3) is 0.200. The van der Waals surface area contributed by atoms with E-state index in [9.17, 15) is 5.11 Å². The third-order valence-electron chi connectivity index (χ3n) is 2.28. The van der Waals surface area contributed by atoms with Crippen molar-refractivity contribution in [1.29, 1.82) is 0 Å². The zero-order valence-electron chi connectivity index (χ0n) is 7.46. The number of benzene rings is 1. The summed E-state index contributed by atoms with van der Waals surface area (Å²) < 4.78 is 0. The number of phenols is 1. The molecule has 0 radical (unpaired) electrons. The second-order valence-electron chi connectivity index (χ2n) is 3.20. The van der Waals surface area contributed by atoms with Gasteiger partial charge in [-0.3, -0.25) is 0 Å². The quantitative estimate of drug-likeness (QED) is 0.618. The smallest absolute Gasteiger partial charge is 0.116 e. The predicted octanol–water partition coefficient (Wildman–Crippen LogP) is 1.64. The summed E-state index contributed by atoms with van der Waals surface area (Å²) in [6, 6.07) is 3.47. The van der Waals surface area contributed by atoms with Gasteiger partial charge in [-0.2, -0.15) is 0 Å². The zero-order chi connectivity index (χ0) is 9.42. The van der Waals surface area contributed by atoms with Crippen molar-refractivity contribution < 1.29 is 5.11 Å². The molecule has 4 N–H and O–H groups in total. The van der Waals surface area contributed by atoms with Gasteiger partial charge >= 0.3 is 0 Å². The first-order valence-corrected chi connectivity index (χ1v) is 4.22. The SMILES string of the molecule is Cc1cc(O)cc2c(CN)c[nH]c12. The average Bonchev–Trinajstić information content (AvgIpc) is 2.47. The lowest BCUT2D eigenvalue weighted by atomic mass is 10.1. The Bertz CT molecular complexity index is 445. The van der Waals surface area contributed by atoms with Gasteiger partial charge in [0.1, 0.15) is 5.75 Å². The van der Waals surface area contributed by atoms with Crippen LogP contribution in [0, 0.1) is 6.92 Å². The number of hydrogen-bond acceptors (Lipinski definition) is 2. The van der Waals surface area contributed by atoms with Crippen molar-refractivity contribution in [2.45, 2.75) is 13.5 Å². The van der Waals surface area contributed by atoms with Crippen LogP contribution >= 0.6 is 0 Å². The van der Waals surface area contributed by atoms with Crippen LogP contribution in [0.5, 0.6) is 5.75 Å². The number of H-pyrrole nitrogens is 1. The van der Waals surface area contributed by atoms with Crippen molar-refractivity contribution in [2.24, 2.45) is 5.73 Å². The standard InChI is InChI=1S/C10H12N2O/c1-6-2-8(13)3-9-7(4-11)5-12-10(6)9/h2-3,5,12-13H,4,11H2,1H3. The number of aryl methyl sites for hydroxylation is 1. The molecule has 2 aromatic rings. The van der Waals surface area contributed by atoms with Crippen LogP contribution in [-0.2, 0) is 6.54 Å². The maximum absolute atomic E-state index is 9.39. The first-order valence-electron chi connectivity index (χ1n) is 4.22. The third-order valence-corrected chi connectivity index (χ3v) is 2.28. The van der Waals surface area contributed by atoms with Crippen molar-refractivity contribution >= 4 is 10.9 Å². The van der Waals surface area contributed by atoms with Gasteiger partial charge in [-0.15, -0.1) is 0 Å². The van der Waals surface area contributed by atoms with E-state index < -0.39 is 0 Å². The third kappa shape index (κ3) is 1.17. The number of fused-ring (bicyclic) bond motifs is 1. The number of nitrogens with one attached hydrogen (secondary N) is 1. The highest BCUT2D eigenvalue weighted by atomic mass is 16.3. The van der Waals surface area contributed by atoms with Gasteiger partial charge in [0.2, 0.25) is 0 Å². The van der Waals surface area contributed by atoms with E-state index in [4.69, 9.17) is 5.73 Å². The van der Waals surface area contributed by atoms with Gasteiger partial charge in [-0.05, 0) is 30.2 Å². The molecule has 1 aromatic heterocycles. The van der Waals surface area contributed by atoms with Crippen LogP contribution in [0.2, 0.25) is 0 Å². The lowest BCUT2D eigenvalue weighted by Gasteiger charge is -1.99. The molecule has 13 heavy (non-hydrogen) atoms. The number of rotatable bonds is 1. The largest absolute Gasteiger partial charge is 0.508 e. The van der Waals surface area contributed by atoms with Crippen molar-refractivity contribution in [3.8, 4) is 5.75 Å². The molecule has 0 spiro atoms. The van der Waals surface area contributed by atoms with Gasteiger partial charge in [0.05, 0.1) is 0 Å². The molecular weight excluding hydrogens is 164 g/mol. The molecule has 0 unspecified atom stereocenters. The Morgan fingerprint density at radius 1 is 1.46 bits per heavy atom. The van der Waals surface area contributed by atoms with Gasteiger partial charge in [-0.1, -0.05) is 0 Å². The van der Waals surface area contributed by atoms with E-state index in [1.165, 1.54) is 0 Å². The molecule has 3 heteroatoms. The molecule has 1 heterocycles. The van der Waals surface area contributed by atoms with Crippen LogP contribution in [0.4, 0.5) is 0 Å². The summed E-state index contributed by atoms with van der Waals surface area (Å²) in [4.78, 5) is 3.14. The molecule has 2 rings (SSSR count). The second kappa shape index (κ2) is 2.78. The Morgan fingerprint density at radius 3 is 2.92 bits per heavy atom. The van der Waals surface area contributed by atoms with Crippen molar-refractivity contribution in [3.63, 3.8) is 0 Å². The Hall–Kier alpha value is -1.48. The molecule has 0 aliphatic heterocycles. The molecule has 0 aliphatic rings. The zero-order valence-corrected chi connectivity index (χ0v) is 7.46. The van der Waals surface area contributed by atoms with Crippen LogP contribution in [0.1, 0.15) is 11.1 Å².